The molecule has 0 bridgehead atoms. The third-order valence-electron chi connectivity index (χ3n) is 6.69. The minimum absolute atomic E-state index is 0.117. The first-order chi connectivity index (χ1) is 16.7. The van der Waals surface area contributed by atoms with Crippen LogP contribution in [0.5, 0.6) is 0 Å². The highest BCUT2D eigenvalue weighted by atomic mass is 35.5. The number of aromatic nitrogens is 2. The standard InChI is InChI=1S/C25H25ClF3N5O/c1-16-5-7-17(8-6-16)21-14-22(25(27,28)29)34-23(31-21)20(15-30-34)24(35)33-11-9-32(10-12-33)19-4-2-3-18(26)13-19/h2-8,13,15,21-22,31H,9-12,14H2,1H3/t21-,22-/m1/s1. The molecule has 10 heteroatoms. The molecule has 1 aromatic heterocycles. The zero-order valence-electron chi connectivity index (χ0n) is 19.1. The predicted molar refractivity (Wildman–Crippen MR) is 129 cm³/mol. The lowest BCUT2D eigenvalue weighted by molar-refractivity contribution is -0.173. The van der Waals surface area contributed by atoms with Crippen LogP contribution in [-0.2, 0) is 0 Å². The van der Waals surface area contributed by atoms with Gasteiger partial charge in [-0.3, -0.25) is 4.79 Å². The summed E-state index contributed by atoms with van der Waals surface area (Å²) < 4.78 is 42.8. The molecule has 5 rings (SSSR count). The molecule has 3 heterocycles. The van der Waals surface area contributed by atoms with Gasteiger partial charge in [-0.25, -0.2) is 4.68 Å². The van der Waals surface area contributed by atoms with E-state index in [2.05, 4.69) is 15.3 Å². The van der Waals surface area contributed by atoms with E-state index in [-0.39, 0.29) is 23.7 Å². The molecule has 1 fully saturated rings. The molecule has 3 aromatic rings. The predicted octanol–water partition coefficient (Wildman–Crippen LogP) is 5.47. The molecule has 2 aromatic carbocycles. The van der Waals surface area contributed by atoms with E-state index in [4.69, 9.17) is 11.6 Å². The molecule has 2 atom stereocenters. The number of benzene rings is 2. The number of hydrogen-bond donors (Lipinski definition) is 1. The lowest BCUT2D eigenvalue weighted by Gasteiger charge is -2.37. The number of anilines is 2. The van der Waals surface area contributed by atoms with Crippen molar-refractivity contribution in [1.82, 2.24) is 14.7 Å². The van der Waals surface area contributed by atoms with Gasteiger partial charge < -0.3 is 15.1 Å². The third kappa shape index (κ3) is 4.69. The number of piperazine rings is 1. The summed E-state index contributed by atoms with van der Waals surface area (Å²) in [4.78, 5) is 17.2. The molecule has 6 nitrogen and oxygen atoms in total. The van der Waals surface area contributed by atoms with Crippen molar-refractivity contribution >= 4 is 29.0 Å². The van der Waals surface area contributed by atoms with Gasteiger partial charge in [0.25, 0.3) is 5.91 Å². The largest absolute Gasteiger partial charge is 0.410 e. The Labute approximate surface area is 206 Å². The molecular formula is C25H25ClF3N5O. The van der Waals surface area contributed by atoms with Gasteiger partial charge in [0, 0.05) is 43.3 Å². The number of nitrogens with one attached hydrogen (secondary N) is 1. The molecule has 2 aliphatic rings. The topological polar surface area (TPSA) is 53.4 Å². The number of carbonyl (C=O) groups excluding carboxylic acids is 1. The molecular weight excluding hydrogens is 479 g/mol. The summed E-state index contributed by atoms with van der Waals surface area (Å²) in [6, 6.07) is 12.5. The van der Waals surface area contributed by atoms with Crippen LogP contribution in [0.4, 0.5) is 24.7 Å². The Bertz CT molecular complexity index is 1220. The maximum Gasteiger partial charge on any atom is 0.410 e. The fraction of sp³-hybridized carbons (Fsp3) is 0.360. The highest BCUT2D eigenvalue weighted by molar-refractivity contribution is 6.30. The van der Waals surface area contributed by atoms with Crippen molar-refractivity contribution in [2.45, 2.75) is 31.6 Å². The van der Waals surface area contributed by atoms with Gasteiger partial charge in [-0.05, 0) is 30.7 Å². The normalized spacial score (nSPS) is 20.4. The molecule has 0 radical (unpaired) electrons. The summed E-state index contributed by atoms with van der Waals surface area (Å²) in [5.74, 6) is -0.207. The van der Waals surface area contributed by atoms with E-state index in [1.807, 2.05) is 49.4 Å². The van der Waals surface area contributed by atoms with Crippen LogP contribution in [0.3, 0.4) is 0 Å². The highest BCUT2D eigenvalue weighted by Crippen LogP contribution is 2.44. The third-order valence-corrected chi connectivity index (χ3v) is 6.92. The number of aryl methyl sites for hydroxylation is 1. The van der Waals surface area contributed by atoms with Crippen molar-refractivity contribution in [2.24, 2.45) is 0 Å². The molecule has 0 unspecified atom stereocenters. The molecule has 0 saturated carbocycles. The lowest BCUT2D eigenvalue weighted by Crippen LogP contribution is -2.49. The maximum absolute atomic E-state index is 14.0. The molecule has 0 aliphatic carbocycles. The quantitative estimate of drug-likeness (QED) is 0.515. The fourth-order valence-corrected chi connectivity index (χ4v) is 4.93. The van der Waals surface area contributed by atoms with Crippen LogP contribution in [0, 0.1) is 6.92 Å². The number of hydrogen-bond acceptors (Lipinski definition) is 4. The number of rotatable bonds is 3. The molecule has 35 heavy (non-hydrogen) atoms. The number of halogens is 4. The second-order valence-electron chi connectivity index (χ2n) is 9.01. The average molecular weight is 504 g/mol. The van der Waals surface area contributed by atoms with E-state index in [9.17, 15) is 18.0 Å². The second-order valence-corrected chi connectivity index (χ2v) is 9.45. The van der Waals surface area contributed by atoms with Crippen molar-refractivity contribution in [3.63, 3.8) is 0 Å². The van der Waals surface area contributed by atoms with E-state index in [1.165, 1.54) is 6.20 Å². The summed E-state index contributed by atoms with van der Waals surface area (Å²) in [5.41, 5.74) is 2.90. The smallest absolute Gasteiger partial charge is 0.368 e. The van der Waals surface area contributed by atoms with Gasteiger partial charge in [-0.1, -0.05) is 47.5 Å². The van der Waals surface area contributed by atoms with Gasteiger partial charge in [-0.2, -0.15) is 18.3 Å². The monoisotopic (exact) mass is 503 g/mol. The van der Waals surface area contributed by atoms with Crippen molar-refractivity contribution in [1.29, 1.82) is 0 Å². The van der Waals surface area contributed by atoms with Gasteiger partial charge in [0.05, 0.1) is 12.2 Å². The van der Waals surface area contributed by atoms with Crippen LogP contribution in [0.25, 0.3) is 0 Å². The number of nitrogens with zero attached hydrogens (tertiary/aromatic N) is 4. The van der Waals surface area contributed by atoms with E-state index < -0.39 is 18.3 Å². The molecule has 1 saturated heterocycles. The molecule has 1 N–H and O–H groups in total. The van der Waals surface area contributed by atoms with Crippen molar-refractivity contribution < 1.29 is 18.0 Å². The van der Waals surface area contributed by atoms with Gasteiger partial charge in [-0.15, -0.1) is 0 Å². The SMILES string of the molecule is Cc1ccc([C@H]2C[C@H](C(F)(F)F)n3ncc(C(=O)N4CCN(c5cccc(Cl)c5)CC4)c3N2)cc1. The number of fused-ring (bicyclic) bond motifs is 1. The van der Waals surface area contributed by atoms with Crippen LogP contribution in [-0.4, -0.2) is 52.9 Å². The van der Waals surface area contributed by atoms with Crippen LogP contribution >= 0.6 is 11.6 Å². The minimum Gasteiger partial charge on any atom is -0.368 e. The van der Waals surface area contributed by atoms with Gasteiger partial charge in [0.1, 0.15) is 11.4 Å². The van der Waals surface area contributed by atoms with E-state index in [0.29, 0.717) is 31.2 Å². The van der Waals surface area contributed by atoms with Gasteiger partial charge in [0.2, 0.25) is 0 Å². The Hall–Kier alpha value is -3.20. The zero-order valence-corrected chi connectivity index (χ0v) is 19.9. The Balaban J connectivity index is 1.38. The van der Waals surface area contributed by atoms with Crippen LogP contribution in [0.15, 0.2) is 54.7 Å². The van der Waals surface area contributed by atoms with Gasteiger partial charge >= 0.3 is 6.18 Å². The average Bonchev–Trinajstić information content (AvgIpc) is 3.27. The van der Waals surface area contributed by atoms with Crippen molar-refractivity contribution in [3.05, 3.63) is 76.4 Å². The number of alkyl halides is 3. The van der Waals surface area contributed by atoms with Crippen LogP contribution < -0.4 is 10.2 Å². The summed E-state index contributed by atoms with van der Waals surface area (Å²) in [6.07, 6.45) is -3.44. The molecule has 184 valence electrons. The van der Waals surface area contributed by atoms with E-state index in [0.717, 1.165) is 21.5 Å². The highest BCUT2D eigenvalue weighted by Gasteiger charge is 2.47. The van der Waals surface area contributed by atoms with Crippen LogP contribution in [0.2, 0.25) is 5.02 Å². The Morgan fingerprint density at radius 1 is 1.09 bits per heavy atom. The first-order valence-electron chi connectivity index (χ1n) is 11.5. The summed E-state index contributed by atoms with van der Waals surface area (Å²) in [6.45, 7) is 4.01. The molecule has 2 aliphatic heterocycles. The summed E-state index contributed by atoms with van der Waals surface area (Å²) >= 11 is 6.10. The van der Waals surface area contributed by atoms with Gasteiger partial charge in [0.15, 0.2) is 6.04 Å². The van der Waals surface area contributed by atoms with Crippen molar-refractivity contribution in [2.75, 3.05) is 36.4 Å². The van der Waals surface area contributed by atoms with Crippen LogP contribution in [0.1, 0.15) is 40.0 Å². The first kappa shape index (κ1) is 23.5. The zero-order chi connectivity index (χ0) is 24.7. The summed E-state index contributed by atoms with van der Waals surface area (Å²) in [7, 11) is 0. The Morgan fingerprint density at radius 2 is 1.80 bits per heavy atom. The minimum atomic E-state index is -4.49. The van der Waals surface area contributed by atoms with Crippen molar-refractivity contribution in [3.8, 4) is 0 Å². The molecule has 1 amide bonds. The number of amides is 1. The van der Waals surface area contributed by atoms with E-state index >= 15 is 0 Å². The molecule has 0 spiro atoms. The Morgan fingerprint density at radius 3 is 2.46 bits per heavy atom. The number of carbonyl (C=O) groups is 1. The lowest BCUT2D eigenvalue weighted by atomic mass is 9.96. The summed E-state index contributed by atoms with van der Waals surface area (Å²) in [5, 5.41) is 7.81. The Kier molecular flexibility index (Phi) is 6.13. The first-order valence-corrected chi connectivity index (χ1v) is 11.9. The fourth-order valence-electron chi connectivity index (χ4n) is 4.75. The van der Waals surface area contributed by atoms with E-state index in [1.54, 1.807) is 11.0 Å². The second kappa shape index (κ2) is 9.11. The maximum atomic E-state index is 14.0.